The third-order valence-electron chi connectivity index (χ3n) is 1.32. The first-order valence-corrected chi connectivity index (χ1v) is 4.48. The van der Waals surface area contributed by atoms with Crippen LogP contribution in [0.2, 0.25) is 0 Å². The van der Waals surface area contributed by atoms with Crippen LogP contribution in [0.3, 0.4) is 0 Å². The molecule has 0 bridgehead atoms. The van der Waals surface area contributed by atoms with Crippen LogP contribution in [-0.4, -0.2) is 18.4 Å². The van der Waals surface area contributed by atoms with E-state index in [-0.39, 0.29) is 27.4 Å². The van der Waals surface area contributed by atoms with E-state index in [0.717, 1.165) is 5.56 Å². The van der Waals surface area contributed by atoms with Crippen molar-refractivity contribution in [2.24, 2.45) is 0 Å². The zero-order valence-electron chi connectivity index (χ0n) is 6.83. The molecule has 0 aliphatic rings. The first-order valence-electron chi connectivity index (χ1n) is 3.04. The number of aryl methyl sites for hydroxylation is 1. The van der Waals surface area contributed by atoms with Gasteiger partial charge in [-0.3, -0.25) is 4.55 Å². The van der Waals surface area contributed by atoms with Crippen LogP contribution in [0.1, 0.15) is 5.56 Å². The number of hydrogen-bond donors (Lipinski definition) is 1. The molecule has 13 heavy (non-hydrogen) atoms. The minimum absolute atomic E-state index is 0. The fraction of sp³-hybridized carbons (Fsp3) is 0.143. The van der Waals surface area contributed by atoms with Crippen LogP contribution in [0, 0.1) is 6.92 Å². The summed E-state index contributed by atoms with van der Waals surface area (Å²) in [5.41, 5.74) is 0.956. The summed E-state index contributed by atoms with van der Waals surface area (Å²) in [6.07, 6.45) is 0. The zero-order valence-corrected chi connectivity index (χ0v) is 8.76. The van der Waals surface area contributed by atoms with Gasteiger partial charge in [0.05, 0.1) is 4.90 Å². The summed E-state index contributed by atoms with van der Waals surface area (Å²) in [5.74, 6) is 0. The Labute approximate surface area is 87.5 Å². The first-order chi connectivity index (χ1) is 5.00. The minimum atomic E-state index is -4.02. The fourth-order valence-corrected chi connectivity index (χ4v) is 1.19. The summed E-state index contributed by atoms with van der Waals surface area (Å²) < 4.78 is 29.6. The normalized spacial score (nSPS) is 9.69. The quantitative estimate of drug-likeness (QED) is 0.575. The van der Waals surface area contributed by atoms with Gasteiger partial charge in [-0.05, 0) is 19.1 Å². The van der Waals surface area contributed by atoms with Crippen molar-refractivity contribution < 1.29 is 35.5 Å². The van der Waals surface area contributed by atoms with Crippen molar-refractivity contribution in [1.29, 1.82) is 0 Å². The first kappa shape index (κ1) is 15.1. The van der Waals surface area contributed by atoms with Crippen LogP contribution in [0.5, 0.6) is 0 Å². The van der Waals surface area contributed by atoms with Gasteiger partial charge in [-0.25, -0.2) is 0 Å². The van der Waals surface area contributed by atoms with E-state index in [0.29, 0.717) is 0 Å². The molecule has 1 aromatic rings. The Morgan fingerprint density at radius 1 is 1.15 bits per heavy atom. The second kappa shape index (κ2) is 5.36. The molecule has 0 aromatic heterocycles. The van der Waals surface area contributed by atoms with E-state index < -0.39 is 10.1 Å². The van der Waals surface area contributed by atoms with E-state index >= 15 is 0 Å². The summed E-state index contributed by atoms with van der Waals surface area (Å²) in [4.78, 5) is -0.0666. The standard InChI is InChI=1S/C7H8O3S.Fe.H2O/c1-6-2-4-7(5-3-6)11(8,9)10;;/h2-5H,1H3,(H,8,9,10);;1H2. The van der Waals surface area contributed by atoms with Crippen molar-refractivity contribution in [2.45, 2.75) is 11.8 Å². The van der Waals surface area contributed by atoms with E-state index in [4.69, 9.17) is 4.55 Å². The third kappa shape index (κ3) is 4.40. The van der Waals surface area contributed by atoms with Gasteiger partial charge in [0.25, 0.3) is 10.1 Å². The molecule has 6 heteroatoms. The van der Waals surface area contributed by atoms with Crippen LogP contribution in [0.4, 0.5) is 0 Å². The molecule has 0 unspecified atom stereocenters. The zero-order chi connectivity index (χ0) is 8.48. The molecule has 0 saturated carbocycles. The number of hydrogen-bond acceptors (Lipinski definition) is 2. The Kier molecular flexibility index (Phi) is 6.23. The average molecular weight is 246 g/mol. The van der Waals surface area contributed by atoms with E-state index in [1.54, 1.807) is 12.1 Å². The third-order valence-corrected chi connectivity index (χ3v) is 2.19. The summed E-state index contributed by atoms with van der Waals surface area (Å²) in [5, 5.41) is 0. The van der Waals surface area contributed by atoms with Crippen LogP contribution in [-0.2, 0) is 27.2 Å². The summed E-state index contributed by atoms with van der Waals surface area (Å²) in [6, 6.07) is 5.99. The van der Waals surface area contributed by atoms with Crippen LogP contribution < -0.4 is 0 Å². The molecule has 4 nitrogen and oxygen atoms in total. The molecule has 1 aromatic carbocycles. The maximum absolute atomic E-state index is 10.5. The molecule has 0 radical (unpaired) electrons. The van der Waals surface area contributed by atoms with Gasteiger partial charge in [-0.15, -0.1) is 0 Å². The number of rotatable bonds is 1. The predicted molar refractivity (Wildman–Crippen MR) is 44.6 cm³/mol. The van der Waals surface area contributed by atoms with Crippen LogP contribution in [0.15, 0.2) is 29.2 Å². The molecular formula is C7H10FeO4S. The maximum atomic E-state index is 10.5. The van der Waals surface area contributed by atoms with E-state index in [2.05, 4.69) is 0 Å². The molecule has 0 heterocycles. The second-order valence-corrected chi connectivity index (χ2v) is 3.71. The predicted octanol–water partition coefficient (Wildman–Crippen LogP) is 0.415. The molecule has 0 saturated heterocycles. The molecule has 0 aliphatic carbocycles. The van der Waals surface area contributed by atoms with Gasteiger partial charge in [-0.2, -0.15) is 8.42 Å². The Bertz CT molecular complexity index is 343. The van der Waals surface area contributed by atoms with Gasteiger partial charge in [0.15, 0.2) is 0 Å². The SMILES string of the molecule is Cc1ccc(S(=O)(=O)O)cc1.O.[Fe]. The molecule has 0 spiro atoms. The largest absolute Gasteiger partial charge is 0.412 e. The fourth-order valence-electron chi connectivity index (χ4n) is 0.710. The Balaban J connectivity index is 0. The van der Waals surface area contributed by atoms with Gasteiger partial charge in [-0.1, -0.05) is 17.7 Å². The molecule has 0 fully saturated rings. The Morgan fingerprint density at radius 3 is 1.85 bits per heavy atom. The number of benzene rings is 1. The molecule has 0 aliphatic heterocycles. The van der Waals surface area contributed by atoms with Crippen molar-refractivity contribution in [3.8, 4) is 0 Å². The van der Waals surface area contributed by atoms with E-state index in [1.165, 1.54) is 12.1 Å². The van der Waals surface area contributed by atoms with Crippen LogP contribution >= 0.6 is 0 Å². The molecule has 0 amide bonds. The van der Waals surface area contributed by atoms with E-state index in [1.807, 2.05) is 6.92 Å². The van der Waals surface area contributed by atoms with Gasteiger partial charge in [0.2, 0.25) is 0 Å². The monoisotopic (exact) mass is 246 g/mol. The Morgan fingerprint density at radius 2 is 1.54 bits per heavy atom. The van der Waals surface area contributed by atoms with Crippen molar-refractivity contribution >= 4 is 10.1 Å². The molecular weight excluding hydrogens is 236 g/mol. The summed E-state index contributed by atoms with van der Waals surface area (Å²) in [6.45, 7) is 1.84. The van der Waals surface area contributed by atoms with Crippen molar-refractivity contribution in [3.63, 3.8) is 0 Å². The van der Waals surface area contributed by atoms with Crippen molar-refractivity contribution in [2.75, 3.05) is 0 Å². The molecule has 0 atom stereocenters. The molecule has 1 rings (SSSR count). The second-order valence-electron chi connectivity index (χ2n) is 2.29. The van der Waals surface area contributed by atoms with Gasteiger partial charge in [0.1, 0.15) is 0 Å². The van der Waals surface area contributed by atoms with Gasteiger partial charge < -0.3 is 5.48 Å². The minimum Gasteiger partial charge on any atom is -0.412 e. The van der Waals surface area contributed by atoms with E-state index in [9.17, 15) is 8.42 Å². The average Bonchev–Trinajstić information content (AvgIpc) is 1.86. The maximum Gasteiger partial charge on any atom is 0.294 e. The van der Waals surface area contributed by atoms with Crippen molar-refractivity contribution in [1.82, 2.24) is 0 Å². The molecule has 3 N–H and O–H groups in total. The Hall–Kier alpha value is -0.391. The summed E-state index contributed by atoms with van der Waals surface area (Å²) in [7, 11) is -4.02. The molecule has 76 valence electrons. The van der Waals surface area contributed by atoms with Crippen LogP contribution in [0.25, 0.3) is 0 Å². The smallest absolute Gasteiger partial charge is 0.294 e. The van der Waals surface area contributed by atoms with Gasteiger partial charge in [0, 0.05) is 17.1 Å². The van der Waals surface area contributed by atoms with Gasteiger partial charge >= 0.3 is 0 Å². The topological polar surface area (TPSA) is 85.9 Å². The summed E-state index contributed by atoms with van der Waals surface area (Å²) >= 11 is 0. The van der Waals surface area contributed by atoms with Crippen molar-refractivity contribution in [3.05, 3.63) is 29.8 Å².